The molecule has 0 aliphatic carbocycles. The molecule has 2 aromatic heterocycles. The fourth-order valence-electron chi connectivity index (χ4n) is 3.40. The van der Waals surface area contributed by atoms with Crippen LogP contribution in [-0.2, 0) is 0 Å². The maximum Gasteiger partial charge on any atom is 0.257 e. The molecular weight excluding hydrogens is 363 g/mol. The first-order valence-corrected chi connectivity index (χ1v) is 8.86. The number of carbonyl (C=O) groups is 1. The highest BCUT2D eigenvalue weighted by Crippen LogP contribution is 2.26. The molecule has 7 nitrogen and oxygen atoms in total. The molecule has 3 aromatic rings. The summed E-state index contributed by atoms with van der Waals surface area (Å²) in [6, 6.07) is 10.4. The summed E-state index contributed by atoms with van der Waals surface area (Å²) in [5.74, 6) is -0.743. The van der Waals surface area contributed by atoms with E-state index in [0.29, 0.717) is 30.9 Å². The van der Waals surface area contributed by atoms with Gasteiger partial charge in [-0.3, -0.25) is 14.4 Å². The minimum absolute atomic E-state index is 0.0224. The minimum Gasteiger partial charge on any atom is -0.338 e. The van der Waals surface area contributed by atoms with Gasteiger partial charge in [-0.1, -0.05) is 12.1 Å². The highest BCUT2D eigenvalue weighted by Gasteiger charge is 2.30. The molecule has 0 bridgehead atoms. The Bertz CT molecular complexity index is 1150. The molecule has 1 aliphatic rings. The molecule has 1 saturated heterocycles. The number of amides is 1. The zero-order valence-electron chi connectivity index (χ0n) is 14.8. The lowest BCUT2D eigenvalue weighted by Gasteiger charge is -2.17. The third-order valence-corrected chi connectivity index (χ3v) is 4.82. The number of H-pyrrole nitrogens is 2. The number of benzene rings is 1. The first-order chi connectivity index (χ1) is 13.5. The molecule has 1 fully saturated rings. The van der Waals surface area contributed by atoms with Crippen LogP contribution < -0.4 is 11.1 Å². The van der Waals surface area contributed by atoms with Crippen LogP contribution in [0.5, 0.6) is 0 Å². The maximum absolute atomic E-state index is 13.9. The highest BCUT2D eigenvalue weighted by molar-refractivity contribution is 5.94. The summed E-state index contributed by atoms with van der Waals surface area (Å²) in [5, 5.41) is 0. The van der Waals surface area contributed by atoms with E-state index in [1.807, 2.05) is 0 Å². The summed E-state index contributed by atoms with van der Waals surface area (Å²) < 4.78 is 13.9. The Kier molecular flexibility index (Phi) is 4.60. The van der Waals surface area contributed by atoms with Gasteiger partial charge in [-0.25, -0.2) is 9.37 Å². The van der Waals surface area contributed by atoms with Crippen molar-refractivity contribution in [3.05, 3.63) is 86.6 Å². The van der Waals surface area contributed by atoms with Crippen LogP contribution in [0.2, 0.25) is 0 Å². The Morgan fingerprint density at radius 3 is 2.79 bits per heavy atom. The van der Waals surface area contributed by atoms with Crippen LogP contribution in [0.4, 0.5) is 4.39 Å². The number of nitrogens with one attached hydrogen (secondary N) is 2. The Hall–Kier alpha value is -3.55. The van der Waals surface area contributed by atoms with Gasteiger partial charge in [0, 0.05) is 31.3 Å². The average molecular weight is 380 g/mol. The highest BCUT2D eigenvalue weighted by atomic mass is 19.1. The van der Waals surface area contributed by atoms with E-state index < -0.39 is 11.7 Å². The van der Waals surface area contributed by atoms with Crippen LogP contribution in [0, 0.1) is 5.82 Å². The second-order valence-corrected chi connectivity index (χ2v) is 6.65. The van der Waals surface area contributed by atoms with Crippen molar-refractivity contribution < 1.29 is 9.18 Å². The molecule has 28 heavy (non-hydrogen) atoms. The van der Waals surface area contributed by atoms with Gasteiger partial charge in [-0.15, -0.1) is 0 Å². The van der Waals surface area contributed by atoms with Gasteiger partial charge in [-0.05, 0) is 30.7 Å². The first-order valence-electron chi connectivity index (χ1n) is 8.86. The Balaban J connectivity index is 1.60. The Morgan fingerprint density at radius 1 is 1.18 bits per heavy atom. The minimum atomic E-state index is -0.562. The number of pyridine rings is 1. The van der Waals surface area contributed by atoms with Crippen molar-refractivity contribution in [2.75, 3.05) is 13.1 Å². The number of nitrogens with zero attached hydrogens (tertiary/aromatic N) is 2. The molecule has 4 rings (SSSR count). The molecule has 8 heteroatoms. The third kappa shape index (κ3) is 3.36. The maximum atomic E-state index is 13.9. The third-order valence-electron chi connectivity index (χ3n) is 4.82. The van der Waals surface area contributed by atoms with Gasteiger partial charge < -0.3 is 14.9 Å². The average Bonchev–Trinajstić information content (AvgIpc) is 3.18. The number of carbonyl (C=O) groups excluding carboxylic acids is 1. The van der Waals surface area contributed by atoms with E-state index in [2.05, 4.69) is 15.0 Å². The van der Waals surface area contributed by atoms with Crippen LogP contribution >= 0.6 is 0 Å². The molecule has 0 radical (unpaired) electrons. The molecule has 2 N–H and O–H groups in total. The largest absolute Gasteiger partial charge is 0.338 e. The van der Waals surface area contributed by atoms with Crippen molar-refractivity contribution in [1.29, 1.82) is 0 Å². The van der Waals surface area contributed by atoms with E-state index in [4.69, 9.17) is 0 Å². The van der Waals surface area contributed by atoms with Crippen LogP contribution in [0.1, 0.15) is 28.5 Å². The lowest BCUT2D eigenvalue weighted by molar-refractivity contribution is 0.0786. The number of aromatic nitrogens is 3. The quantitative estimate of drug-likeness (QED) is 0.725. The van der Waals surface area contributed by atoms with Crippen LogP contribution in [-0.4, -0.2) is 38.8 Å². The fraction of sp³-hybridized carbons (Fsp3) is 0.200. The molecule has 0 saturated carbocycles. The summed E-state index contributed by atoms with van der Waals surface area (Å²) in [6.07, 6.45) is 2.08. The monoisotopic (exact) mass is 380 g/mol. The number of hydrogen-bond donors (Lipinski definition) is 2. The molecule has 1 aromatic carbocycles. The van der Waals surface area contributed by atoms with Gasteiger partial charge >= 0.3 is 0 Å². The van der Waals surface area contributed by atoms with Crippen LogP contribution in [0.3, 0.4) is 0 Å². The van der Waals surface area contributed by atoms with E-state index in [1.165, 1.54) is 30.5 Å². The number of hydrogen-bond acceptors (Lipinski definition) is 4. The molecule has 0 spiro atoms. The topological polar surface area (TPSA) is 98.9 Å². The zero-order chi connectivity index (χ0) is 19.7. The SMILES string of the molecule is O=C(c1ccccc1F)N1CC[C@H](c2nc(-c3ccc[nH]c3=O)cc(=O)[nH]2)C1. The molecule has 0 unspecified atom stereocenters. The smallest absolute Gasteiger partial charge is 0.257 e. The first kappa shape index (κ1) is 17.8. The zero-order valence-corrected chi connectivity index (χ0v) is 14.8. The summed E-state index contributed by atoms with van der Waals surface area (Å²) in [6.45, 7) is 0.738. The van der Waals surface area contributed by atoms with E-state index in [-0.39, 0.29) is 28.3 Å². The molecule has 142 valence electrons. The van der Waals surface area contributed by atoms with Crippen molar-refractivity contribution in [3.63, 3.8) is 0 Å². The van der Waals surface area contributed by atoms with Gasteiger partial charge in [-0.2, -0.15) is 0 Å². The summed E-state index contributed by atoms with van der Waals surface area (Å²) >= 11 is 0. The molecular formula is C20H17FN4O3. The van der Waals surface area contributed by atoms with E-state index >= 15 is 0 Å². The summed E-state index contributed by atoms with van der Waals surface area (Å²) in [7, 11) is 0. The van der Waals surface area contributed by atoms with E-state index in [0.717, 1.165) is 0 Å². The number of halogens is 1. The number of aromatic amines is 2. The van der Waals surface area contributed by atoms with Gasteiger partial charge in [0.1, 0.15) is 11.6 Å². The normalized spacial score (nSPS) is 16.3. The molecule has 3 heterocycles. The number of likely N-dealkylation sites (tertiary alicyclic amines) is 1. The second kappa shape index (κ2) is 7.22. The van der Waals surface area contributed by atoms with E-state index in [1.54, 1.807) is 23.1 Å². The lowest BCUT2D eigenvalue weighted by Crippen LogP contribution is -2.29. The Morgan fingerprint density at radius 2 is 2.00 bits per heavy atom. The van der Waals surface area contributed by atoms with Crippen LogP contribution in [0.15, 0.2) is 58.3 Å². The van der Waals surface area contributed by atoms with Gasteiger partial charge in [0.2, 0.25) is 0 Å². The standard InChI is InChI=1S/C20H17FN4O3/c21-15-6-2-1-4-13(15)20(28)25-9-7-12(11-25)18-23-16(10-17(26)24-18)14-5-3-8-22-19(14)27/h1-6,8,10,12H,7,9,11H2,(H,22,27)(H,23,24,26)/t12-/m0/s1. The van der Waals surface area contributed by atoms with E-state index in [9.17, 15) is 18.8 Å². The fourth-order valence-corrected chi connectivity index (χ4v) is 3.40. The molecule has 1 atom stereocenters. The van der Waals surface area contributed by atoms with Crippen molar-refractivity contribution in [2.45, 2.75) is 12.3 Å². The van der Waals surface area contributed by atoms with Crippen molar-refractivity contribution >= 4 is 5.91 Å². The Labute approximate surface area is 158 Å². The van der Waals surface area contributed by atoms with Gasteiger partial charge in [0.25, 0.3) is 17.0 Å². The van der Waals surface area contributed by atoms with Gasteiger partial charge in [0.15, 0.2) is 0 Å². The summed E-state index contributed by atoms with van der Waals surface area (Å²) in [5.41, 5.74) is -0.114. The summed E-state index contributed by atoms with van der Waals surface area (Å²) in [4.78, 5) is 47.9. The number of rotatable bonds is 3. The predicted octanol–water partition coefficient (Wildman–Crippen LogP) is 1.89. The van der Waals surface area contributed by atoms with Crippen molar-refractivity contribution in [2.24, 2.45) is 0 Å². The van der Waals surface area contributed by atoms with Gasteiger partial charge in [0.05, 0.1) is 16.8 Å². The molecule has 1 amide bonds. The van der Waals surface area contributed by atoms with Crippen molar-refractivity contribution in [3.8, 4) is 11.3 Å². The second-order valence-electron chi connectivity index (χ2n) is 6.65. The molecule has 1 aliphatic heterocycles. The lowest BCUT2D eigenvalue weighted by atomic mass is 10.1. The predicted molar refractivity (Wildman–Crippen MR) is 101 cm³/mol. The van der Waals surface area contributed by atoms with Crippen molar-refractivity contribution in [1.82, 2.24) is 19.9 Å². The van der Waals surface area contributed by atoms with Crippen LogP contribution in [0.25, 0.3) is 11.3 Å².